The molecule has 0 saturated carbocycles. The topological polar surface area (TPSA) is 62.5 Å². The third-order valence-corrected chi connectivity index (χ3v) is 5.69. The molecule has 4 heteroatoms. The summed E-state index contributed by atoms with van der Waals surface area (Å²) in [6.07, 6.45) is 5.69. The number of nitrogens with zero attached hydrogens (tertiary/aromatic N) is 1. The number of benzene rings is 1. The fourth-order valence-electron chi connectivity index (χ4n) is 4.49. The molecule has 0 radical (unpaired) electrons. The number of rotatable bonds is 4. The Bertz CT molecular complexity index is 528. The molecule has 1 aromatic carbocycles. The molecule has 0 spiro atoms. The quantitative estimate of drug-likeness (QED) is 0.627. The standard InChI is InChI=1S/C19H27NO2.CH4.H2O/c1-4-5-13-6-8-14(9-7-13)16-12-15-10-11-17(20(15)2)18(16)19(21)22-3;;/h6-9,15-18H,4-5,10-12H2,1-3H3;1H4;1H2/p+1. The summed E-state index contributed by atoms with van der Waals surface area (Å²) in [6.45, 7) is 2.20. The average molecular weight is 336 g/mol. The third kappa shape index (κ3) is 3.65. The van der Waals surface area contributed by atoms with Gasteiger partial charge < -0.3 is 10.2 Å². The Kier molecular flexibility index (Phi) is 7.43. The molecule has 2 bridgehead atoms. The predicted molar refractivity (Wildman–Crippen MR) is 99.5 cm³/mol. The van der Waals surface area contributed by atoms with Crippen LogP contribution in [-0.4, -0.2) is 37.1 Å². The minimum atomic E-state index is -0.0418. The first-order valence-corrected chi connectivity index (χ1v) is 8.54. The Hall–Kier alpha value is -1.39. The fraction of sp³-hybridized carbons (Fsp3) is 0.650. The molecule has 2 fully saturated rings. The third-order valence-electron chi connectivity index (χ3n) is 5.69. The van der Waals surface area contributed by atoms with Crippen LogP contribution >= 0.6 is 0 Å². The van der Waals surface area contributed by atoms with Gasteiger partial charge in [-0.25, -0.2) is 0 Å². The smallest absolute Gasteiger partial charge is 0.310 e. The zero-order valence-electron chi connectivity index (χ0n) is 14.5. The largest absolute Gasteiger partial charge is 0.469 e. The number of carbonyl (C=O) groups is 1. The number of piperidine rings is 1. The minimum absolute atomic E-state index is 0. The molecule has 2 aliphatic rings. The van der Waals surface area contributed by atoms with E-state index in [0.717, 1.165) is 19.3 Å². The highest BCUT2D eigenvalue weighted by molar-refractivity contribution is 5.75. The molecule has 0 aliphatic carbocycles. The first-order valence-electron chi connectivity index (χ1n) is 8.54. The number of hydrogen-bond donors (Lipinski definition) is 0. The van der Waals surface area contributed by atoms with Gasteiger partial charge in [0.05, 0.1) is 13.0 Å². The Morgan fingerprint density at radius 3 is 2.50 bits per heavy atom. The summed E-state index contributed by atoms with van der Waals surface area (Å²) in [5, 5.41) is 0. The second-order valence-electron chi connectivity index (χ2n) is 6.85. The van der Waals surface area contributed by atoms with Crippen LogP contribution < -0.4 is 0 Å². The normalized spacial score (nSPS) is 28.6. The van der Waals surface area contributed by atoms with E-state index in [2.05, 4.69) is 43.1 Å². The number of methoxy groups -OCH3 is 1. The molecule has 4 nitrogen and oxygen atoms in total. The van der Waals surface area contributed by atoms with Crippen molar-refractivity contribution in [2.75, 3.05) is 14.2 Å². The van der Waals surface area contributed by atoms with E-state index in [4.69, 9.17) is 4.74 Å². The molecule has 136 valence electrons. The molecule has 0 aromatic heterocycles. The summed E-state index contributed by atoms with van der Waals surface area (Å²) in [4.78, 5) is 14.8. The van der Waals surface area contributed by atoms with Gasteiger partial charge in [0.2, 0.25) is 0 Å². The fourth-order valence-corrected chi connectivity index (χ4v) is 4.49. The molecule has 2 saturated heterocycles. The lowest BCUT2D eigenvalue weighted by atomic mass is 9.76. The molecule has 2 heterocycles. The van der Waals surface area contributed by atoms with Gasteiger partial charge in [0, 0.05) is 18.0 Å². The number of carbonyl (C=O) groups excluding carboxylic acids is 1. The molecule has 0 amide bonds. The SMILES string of the molecule is C.CCCc1ccc(C2CC3CCC(C2C(=O)OC)N3C)cc1.[OH3+]. The molecule has 24 heavy (non-hydrogen) atoms. The molecule has 2 aliphatic heterocycles. The Labute approximate surface area is 146 Å². The summed E-state index contributed by atoms with van der Waals surface area (Å²) in [6, 6.07) is 9.88. The van der Waals surface area contributed by atoms with Crippen molar-refractivity contribution in [2.45, 2.75) is 64.5 Å². The van der Waals surface area contributed by atoms with Crippen LogP contribution in [0.5, 0.6) is 0 Å². The van der Waals surface area contributed by atoms with Gasteiger partial charge in [0.1, 0.15) is 0 Å². The second kappa shape index (κ2) is 8.63. The maximum atomic E-state index is 12.4. The van der Waals surface area contributed by atoms with Crippen LogP contribution in [0.2, 0.25) is 0 Å². The van der Waals surface area contributed by atoms with E-state index in [0.29, 0.717) is 18.0 Å². The molecular formula is C20H34NO3+. The maximum Gasteiger partial charge on any atom is 0.310 e. The van der Waals surface area contributed by atoms with Crippen LogP contribution in [0.1, 0.15) is 57.1 Å². The van der Waals surface area contributed by atoms with Crippen molar-refractivity contribution in [1.82, 2.24) is 4.90 Å². The van der Waals surface area contributed by atoms with Crippen molar-refractivity contribution in [2.24, 2.45) is 5.92 Å². The van der Waals surface area contributed by atoms with Crippen LogP contribution in [0.4, 0.5) is 0 Å². The molecule has 1 aromatic rings. The highest BCUT2D eigenvalue weighted by atomic mass is 16.5. The number of fused-ring (bicyclic) bond motifs is 2. The number of ether oxygens (including phenoxy) is 1. The van der Waals surface area contributed by atoms with Crippen molar-refractivity contribution >= 4 is 5.97 Å². The number of aryl methyl sites for hydroxylation is 1. The molecule has 3 N–H and O–H groups in total. The Morgan fingerprint density at radius 1 is 1.25 bits per heavy atom. The van der Waals surface area contributed by atoms with Gasteiger partial charge in [-0.2, -0.15) is 0 Å². The monoisotopic (exact) mass is 336 g/mol. The van der Waals surface area contributed by atoms with Crippen LogP contribution in [0.15, 0.2) is 24.3 Å². The van der Waals surface area contributed by atoms with Gasteiger partial charge in [-0.1, -0.05) is 45.0 Å². The van der Waals surface area contributed by atoms with Gasteiger partial charge in [-0.05, 0) is 43.9 Å². The summed E-state index contributed by atoms with van der Waals surface area (Å²) in [5.41, 5.74) is 2.69. The Morgan fingerprint density at radius 2 is 1.92 bits per heavy atom. The lowest BCUT2D eigenvalue weighted by Crippen LogP contribution is -2.49. The highest BCUT2D eigenvalue weighted by Gasteiger charge is 2.49. The summed E-state index contributed by atoms with van der Waals surface area (Å²) < 4.78 is 5.14. The van der Waals surface area contributed by atoms with E-state index in [1.807, 2.05) is 0 Å². The summed E-state index contributed by atoms with van der Waals surface area (Å²) in [5.74, 6) is 0.238. The van der Waals surface area contributed by atoms with Gasteiger partial charge in [-0.3, -0.25) is 9.69 Å². The van der Waals surface area contributed by atoms with Crippen molar-refractivity contribution in [3.05, 3.63) is 35.4 Å². The van der Waals surface area contributed by atoms with E-state index < -0.39 is 0 Å². The average Bonchev–Trinajstić information content (AvgIpc) is 2.77. The van der Waals surface area contributed by atoms with Crippen LogP contribution in [0.25, 0.3) is 0 Å². The van der Waals surface area contributed by atoms with Crippen LogP contribution in [-0.2, 0) is 21.4 Å². The van der Waals surface area contributed by atoms with E-state index in [-0.39, 0.29) is 24.8 Å². The van der Waals surface area contributed by atoms with Gasteiger partial charge in [0.15, 0.2) is 0 Å². The zero-order chi connectivity index (χ0) is 15.7. The van der Waals surface area contributed by atoms with E-state index in [9.17, 15) is 4.79 Å². The first kappa shape index (κ1) is 20.7. The molecule has 3 rings (SSSR count). The Balaban J connectivity index is 0.00000144. The van der Waals surface area contributed by atoms with Crippen LogP contribution in [0, 0.1) is 5.92 Å². The van der Waals surface area contributed by atoms with Gasteiger partial charge in [0.25, 0.3) is 0 Å². The first-order chi connectivity index (χ1) is 10.7. The van der Waals surface area contributed by atoms with E-state index >= 15 is 0 Å². The van der Waals surface area contributed by atoms with Gasteiger partial charge in [-0.15, -0.1) is 0 Å². The molecule has 4 atom stereocenters. The van der Waals surface area contributed by atoms with Crippen molar-refractivity contribution < 1.29 is 15.0 Å². The maximum absolute atomic E-state index is 12.4. The van der Waals surface area contributed by atoms with Gasteiger partial charge >= 0.3 is 5.97 Å². The summed E-state index contributed by atoms with van der Waals surface area (Å²) >= 11 is 0. The predicted octanol–water partition coefficient (Wildman–Crippen LogP) is 3.09. The van der Waals surface area contributed by atoms with Crippen molar-refractivity contribution in [3.63, 3.8) is 0 Å². The number of hydrogen-bond acceptors (Lipinski definition) is 3. The van der Waals surface area contributed by atoms with E-state index in [1.54, 1.807) is 0 Å². The van der Waals surface area contributed by atoms with Crippen molar-refractivity contribution in [3.8, 4) is 0 Å². The van der Waals surface area contributed by atoms with Crippen molar-refractivity contribution in [1.29, 1.82) is 0 Å². The van der Waals surface area contributed by atoms with E-state index in [1.165, 1.54) is 31.1 Å². The molecule has 4 unspecified atom stereocenters. The lowest BCUT2D eigenvalue weighted by molar-refractivity contribution is -0.150. The lowest BCUT2D eigenvalue weighted by Gasteiger charge is -2.41. The van der Waals surface area contributed by atoms with Crippen LogP contribution in [0.3, 0.4) is 0 Å². The summed E-state index contributed by atoms with van der Waals surface area (Å²) in [7, 11) is 3.68. The number of esters is 1. The minimum Gasteiger partial charge on any atom is -0.469 e. The zero-order valence-corrected chi connectivity index (χ0v) is 14.5. The molecular weight excluding hydrogens is 302 g/mol. The highest BCUT2D eigenvalue weighted by Crippen LogP contribution is 2.46. The second-order valence-corrected chi connectivity index (χ2v) is 6.85.